The van der Waals surface area contributed by atoms with Gasteiger partial charge in [-0.25, -0.2) is 0 Å². The zero-order chi connectivity index (χ0) is 12.3. The second kappa shape index (κ2) is 5.36. The fraction of sp³-hybridized carbons (Fsp3) is 0.923. The van der Waals surface area contributed by atoms with Crippen LogP contribution in [0.25, 0.3) is 0 Å². The van der Waals surface area contributed by atoms with Crippen LogP contribution in [0, 0.1) is 17.3 Å². The van der Waals surface area contributed by atoms with E-state index in [-0.39, 0.29) is 11.8 Å². The van der Waals surface area contributed by atoms with Crippen molar-refractivity contribution in [2.24, 2.45) is 17.3 Å². The number of hydrogen-bond donors (Lipinski definition) is 2. The molecule has 1 saturated carbocycles. The molecule has 4 nitrogen and oxygen atoms in total. The summed E-state index contributed by atoms with van der Waals surface area (Å²) in [6, 6.07) is 0. The average Bonchev–Trinajstić information content (AvgIpc) is 3.01. The van der Waals surface area contributed by atoms with Crippen LogP contribution in [0.4, 0.5) is 0 Å². The van der Waals surface area contributed by atoms with Gasteiger partial charge in [-0.05, 0) is 43.7 Å². The molecule has 0 bridgehead atoms. The number of methoxy groups -OCH3 is 1. The molecule has 0 aromatic heterocycles. The van der Waals surface area contributed by atoms with E-state index in [2.05, 4.69) is 10.6 Å². The van der Waals surface area contributed by atoms with E-state index >= 15 is 0 Å². The van der Waals surface area contributed by atoms with Crippen molar-refractivity contribution in [2.45, 2.75) is 26.2 Å². The molecular weight excluding hydrogens is 216 g/mol. The second-order valence-electron chi connectivity index (χ2n) is 5.67. The maximum atomic E-state index is 12.0. The molecule has 4 heteroatoms. The minimum Gasteiger partial charge on any atom is -0.385 e. The average molecular weight is 240 g/mol. The van der Waals surface area contributed by atoms with Crippen molar-refractivity contribution < 1.29 is 9.53 Å². The van der Waals surface area contributed by atoms with Crippen molar-refractivity contribution in [1.82, 2.24) is 10.6 Å². The normalized spacial score (nSPS) is 23.9. The van der Waals surface area contributed by atoms with Gasteiger partial charge in [0.15, 0.2) is 0 Å². The van der Waals surface area contributed by atoms with Crippen molar-refractivity contribution in [1.29, 1.82) is 0 Å². The summed E-state index contributed by atoms with van der Waals surface area (Å²) in [5.41, 5.74) is 0.350. The molecule has 0 spiro atoms. The zero-order valence-corrected chi connectivity index (χ0v) is 10.9. The molecule has 0 radical (unpaired) electrons. The van der Waals surface area contributed by atoms with Crippen LogP contribution >= 0.6 is 0 Å². The van der Waals surface area contributed by atoms with Gasteiger partial charge in [0, 0.05) is 26.2 Å². The number of carbonyl (C=O) groups is 1. The number of rotatable bonds is 7. The summed E-state index contributed by atoms with van der Waals surface area (Å²) in [6.45, 7) is 5.65. The van der Waals surface area contributed by atoms with Crippen LogP contribution in [0.2, 0.25) is 0 Å². The summed E-state index contributed by atoms with van der Waals surface area (Å²) in [5.74, 6) is 0.902. The first-order chi connectivity index (χ1) is 8.17. The molecule has 1 aliphatic carbocycles. The Kier molecular flexibility index (Phi) is 4.05. The Balaban J connectivity index is 1.68. The summed E-state index contributed by atoms with van der Waals surface area (Å²) in [4.78, 5) is 12.0. The Hall–Kier alpha value is -0.610. The van der Waals surface area contributed by atoms with E-state index in [1.165, 1.54) is 12.8 Å². The molecule has 2 aliphatic rings. The lowest BCUT2D eigenvalue weighted by atomic mass is 9.88. The van der Waals surface area contributed by atoms with E-state index in [1.54, 1.807) is 7.11 Å². The van der Waals surface area contributed by atoms with Gasteiger partial charge in [0.2, 0.25) is 5.91 Å². The van der Waals surface area contributed by atoms with Crippen LogP contribution in [-0.4, -0.2) is 39.3 Å². The first-order valence-electron chi connectivity index (χ1n) is 6.64. The maximum absolute atomic E-state index is 12.0. The molecule has 2 rings (SSSR count). The largest absolute Gasteiger partial charge is 0.385 e. The lowest BCUT2D eigenvalue weighted by Gasteiger charge is -2.32. The van der Waals surface area contributed by atoms with Gasteiger partial charge in [-0.3, -0.25) is 4.79 Å². The van der Waals surface area contributed by atoms with Gasteiger partial charge in [0.1, 0.15) is 0 Å². The van der Waals surface area contributed by atoms with E-state index in [0.29, 0.717) is 11.3 Å². The Morgan fingerprint density at radius 1 is 1.53 bits per heavy atom. The van der Waals surface area contributed by atoms with Crippen molar-refractivity contribution in [3.8, 4) is 0 Å². The third-order valence-corrected chi connectivity index (χ3v) is 4.36. The third-order valence-electron chi connectivity index (χ3n) is 4.36. The predicted octanol–water partition coefficient (Wildman–Crippen LogP) is 0.775. The molecule has 1 aliphatic heterocycles. The minimum absolute atomic E-state index is 0.148. The highest BCUT2D eigenvalue weighted by Gasteiger charge is 2.42. The standard InChI is InChI=1S/C13H24N2O2/c1-10(11-7-14-8-11)12(16)15-9-13(3-4-13)5-6-17-2/h10-11,14H,3-9H2,1-2H3,(H,15,16). The van der Waals surface area contributed by atoms with E-state index in [9.17, 15) is 4.79 Å². The molecule has 1 atom stereocenters. The van der Waals surface area contributed by atoms with Crippen LogP contribution in [0.15, 0.2) is 0 Å². The highest BCUT2D eigenvalue weighted by atomic mass is 16.5. The smallest absolute Gasteiger partial charge is 0.223 e. The quantitative estimate of drug-likeness (QED) is 0.691. The van der Waals surface area contributed by atoms with Crippen LogP contribution in [0.3, 0.4) is 0 Å². The highest BCUT2D eigenvalue weighted by molar-refractivity contribution is 5.78. The molecule has 1 heterocycles. The van der Waals surface area contributed by atoms with Crippen molar-refractivity contribution in [3.63, 3.8) is 0 Å². The van der Waals surface area contributed by atoms with Gasteiger partial charge in [-0.1, -0.05) is 6.92 Å². The van der Waals surface area contributed by atoms with Crippen LogP contribution in [0.5, 0.6) is 0 Å². The first kappa shape index (κ1) is 12.8. The summed E-state index contributed by atoms with van der Waals surface area (Å²) in [6.07, 6.45) is 3.54. The number of ether oxygens (including phenoxy) is 1. The summed E-state index contributed by atoms with van der Waals surface area (Å²) < 4.78 is 5.12. The Morgan fingerprint density at radius 2 is 2.24 bits per heavy atom. The topological polar surface area (TPSA) is 50.4 Å². The molecule has 98 valence electrons. The minimum atomic E-state index is 0.148. The fourth-order valence-electron chi connectivity index (χ4n) is 2.32. The van der Waals surface area contributed by atoms with E-state index in [4.69, 9.17) is 4.74 Å². The molecule has 1 amide bonds. The molecule has 17 heavy (non-hydrogen) atoms. The highest BCUT2D eigenvalue weighted by Crippen LogP contribution is 2.48. The number of hydrogen-bond acceptors (Lipinski definition) is 3. The molecule has 1 unspecified atom stereocenters. The Labute approximate surface area is 103 Å². The molecular formula is C13H24N2O2. The summed E-state index contributed by atoms with van der Waals surface area (Å²) in [7, 11) is 1.74. The van der Waals surface area contributed by atoms with Gasteiger partial charge in [0.05, 0.1) is 0 Å². The molecule has 2 fully saturated rings. The fourth-order valence-corrected chi connectivity index (χ4v) is 2.32. The Morgan fingerprint density at radius 3 is 2.71 bits per heavy atom. The van der Waals surface area contributed by atoms with Crippen LogP contribution in [-0.2, 0) is 9.53 Å². The summed E-state index contributed by atoms with van der Waals surface area (Å²) in [5, 5.41) is 6.33. The van der Waals surface area contributed by atoms with Gasteiger partial charge in [-0.15, -0.1) is 0 Å². The van der Waals surface area contributed by atoms with Crippen molar-refractivity contribution in [3.05, 3.63) is 0 Å². The molecule has 0 aromatic carbocycles. The zero-order valence-electron chi connectivity index (χ0n) is 10.9. The van der Waals surface area contributed by atoms with Gasteiger partial charge >= 0.3 is 0 Å². The van der Waals surface area contributed by atoms with E-state index < -0.39 is 0 Å². The maximum Gasteiger partial charge on any atom is 0.223 e. The second-order valence-corrected chi connectivity index (χ2v) is 5.67. The lowest BCUT2D eigenvalue weighted by molar-refractivity contribution is -0.127. The van der Waals surface area contributed by atoms with Gasteiger partial charge < -0.3 is 15.4 Å². The number of nitrogens with one attached hydrogen (secondary N) is 2. The van der Waals surface area contributed by atoms with Crippen molar-refractivity contribution >= 4 is 5.91 Å². The Bertz CT molecular complexity index is 273. The monoisotopic (exact) mass is 240 g/mol. The van der Waals surface area contributed by atoms with Crippen molar-refractivity contribution in [2.75, 3.05) is 33.4 Å². The molecule has 2 N–H and O–H groups in total. The number of carbonyl (C=O) groups excluding carboxylic acids is 1. The summed E-state index contributed by atoms with van der Waals surface area (Å²) >= 11 is 0. The molecule has 1 saturated heterocycles. The number of amides is 1. The van der Waals surface area contributed by atoms with Crippen LogP contribution < -0.4 is 10.6 Å². The van der Waals surface area contributed by atoms with E-state index in [1.807, 2.05) is 6.92 Å². The van der Waals surface area contributed by atoms with E-state index in [0.717, 1.165) is 32.7 Å². The lowest BCUT2D eigenvalue weighted by Crippen LogP contribution is -2.50. The van der Waals surface area contributed by atoms with Gasteiger partial charge in [0.25, 0.3) is 0 Å². The third kappa shape index (κ3) is 3.19. The first-order valence-corrected chi connectivity index (χ1v) is 6.64. The SMILES string of the molecule is COCCC1(CNC(=O)C(C)C2CNC2)CC1. The van der Waals surface area contributed by atoms with Crippen LogP contribution in [0.1, 0.15) is 26.2 Å². The molecule has 0 aromatic rings. The van der Waals surface area contributed by atoms with Gasteiger partial charge in [-0.2, -0.15) is 0 Å². The predicted molar refractivity (Wildman–Crippen MR) is 66.7 cm³/mol.